The number of fused-ring (bicyclic) bond motifs is 1. The standard InChI is InChI=1S/C7H5FN2O3S/c8-4-1-2-5-6(3-4)10-7(9-5)14(11,12)13/h1-3H,(H,9,10)(H,11,12,13)/p-1. The van der Waals surface area contributed by atoms with E-state index in [-0.39, 0.29) is 11.0 Å². The lowest BCUT2D eigenvalue weighted by atomic mass is 10.3. The molecule has 0 spiro atoms. The summed E-state index contributed by atoms with van der Waals surface area (Å²) in [6.45, 7) is 0. The molecule has 0 amide bonds. The summed E-state index contributed by atoms with van der Waals surface area (Å²) in [4.78, 5) is 5.73. The van der Waals surface area contributed by atoms with Gasteiger partial charge in [-0.05, 0) is 18.2 Å². The van der Waals surface area contributed by atoms with Crippen LogP contribution in [-0.4, -0.2) is 22.9 Å². The van der Waals surface area contributed by atoms with Crippen LogP contribution in [0.5, 0.6) is 0 Å². The SMILES string of the molecule is O=S(=O)([O-])c1nc2ccc(F)cc2[nH]1. The quantitative estimate of drug-likeness (QED) is 0.706. The number of aromatic nitrogens is 2. The van der Waals surface area contributed by atoms with Crippen molar-refractivity contribution >= 4 is 21.2 Å². The normalized spacial score (nSPS) is 12.1. The van der Waals surface area contributed by atoms with Crippen LogP contribution in [0.1, 0.15) is 0 Å². The summed E-state index contributed by atoms with van der Waals surface area (Å²) in [5.74, 6) is -0.531. The highest BCUT2D eigenvalue weighted by atomic mass is 32.2. The number of nitrogens with zero attached hydrogens (tertiary/aromatic N) is 1. The van der Waals surface area contributed by atoms with Crippen LogP contribution in [0.15, 0.2) is 23.4 Å². The average molecular weight is 215 g/mol. The molecule has 14 heavy (non-hydrogen) atoms. The van der Waals surface area contributed by atoms with Crippen molar-refractivity contribution in [2.45, 2.75) is 5.16 Å². The molecule has 0 unspecified atom stereocenters. The van der Waals surface area contributed by atoms with Crippen molar-refractivity contribution in [3.8, 4) is 0 Å². The van der Waals surface area contributed by atoms with Crippen LogP contribution in [-0.2, 0) is 10.1 Å². The van der Waals surface area contributed by atoms with Gasteiger partial charge in [0, 0.05) is 0 Å². The molecule has 1 heterocycles. The first-order valence-electron chi connectivity index (χ1n) is 3.58. The van der Waals surface area contributed by atoms with E-state index in [0.29, 0.717) is 0 Å². The van der Waals surface area contributed by atoms with E-state index < -0.39 is 21.1 Å². The minimum absolute atomic E-state index is 0.180. The first kappa shape index (κ1) is 9.10. The molecule has 1 N–H and O–H groups in total. The molecule has 0 aliphatic heterocycles. The van der Waals surface area contributed by atoms with E-state index in [1.165, 1.54) is 6.07 Å². The summed E-state index contributed by atoms with van der Waals surface area (Å²) >= 11 is 0. The van der Waals surface area contributed by atoms with Crippen molar-refractivity contribution < 1.29 is 17.4 Å². The van der Waals surface area contributed by atoms with Crippen molar-refractivity contribution in [3.63, 3.8) is 0 Å². The topological polar surface area (TPSA) is 85.9 Å². The Morgan fingerprint density at radius 2 is 2.14 bits per heavy atom. The van der Waals surface area contributed by atoms with Crippen LogP contribution in [0.2, 0.25) is 0 Å². The first-order chi connectivity index (χ1) is 6.47. The number of nitrogens with one attached hydrogen (secondary N) is 1. The van der Waals surface area contributed by atoms with E-state index in [2.05, 4.69) is 9.97 Å². The lowest BCUT2D eigenvalue weighted by Crippen LogP contribution is -2.00. The van der Waals surface area contributed by atoms with Crippen LogP contribution >= 0.6 is 0 Å². The van der Waals surface area contributed by atoms with E-state index in [0.717, 1.165) is 12.1 Å². The number of imidazole rings is 1. The maximum absolute atomic E-state index is 12.7. The fourth-order valence-corrected chi connectivity index (χ4v) is 1.52. The number of hydrogen-bond donors (Lipinski definition) is 1. The Morgan fingerprint density at radius 1 is 1.43 bits per heavy atom. The van der Waals surface area contributed by atoms with Crippen molar-refractivity contribution in [2.24, 2.45) is 0 Å². The summed E-state index contributed by atoms with van der Waals surface area (Å²) in [6, 6.07) is 3.48. The lowest BCUT2D eigenvalue weighted by molar-refractivity contribution is 0.456. The van der Waals surface area contributed by atoms with Gasteiger partial charge in [-0.1, -0.05) is 0 Å². The van der Waals surface area contributed by atoms with E-state index in [9.17, 15) is 17.4 Å². The molecule has 0 radical (unpaired) electrons. The summed E-state index contributed by atoms with van der Waals surface area (Å²) in [6.07, 6.45) is 0. The third kappa shape index (κ3) is 1.47. The summed E-state index contributed by atoms with van der Waals surface area (Å²) in [7, 11) is -4.62. The van der Waals surface area contributed by atoms with Crippen molar-refractivity contribution in [3.05, 3.63) is 24.0 Å². The van der Waals surface area contributed by atoms with Crippen LogP contribution in [0.3, 0.4) is 0 Å². The Labute approximate surface area is 78.3 Å². The Kier molecular flexibility index (Phi) is 1.79. The van der Waals surface area contributed by atoms with Crippen molar-refractivity contribution in [2.75, 3.05) is 0 Å². The predicted molar refractivity (Wildman–Crippen MR) is 44.0 cm³/mol. The highest BCUT2D eigenvalue weighted by molar-refractivity contribution is 7.85. The summed E-state index contributed by atoms with van der Waals surface area (Å²) in [5, 5.41) is -0.696. The molecule has 0 atom stereocenters. The van der Waals surface area contributed by atoms with Gasteiger partial charge in [0.15, 0.2) is 10.1 Å². The zero-order valence-electron chi connectivity index (χ0n) is 6.69. The van der Waals surface area contributed by atoms with Crippen molar-refractivity contribution in [1.82, 2.24) is 9.97 Å². The maximum Gasteiger partial charge on any atom is 0.213 e. The molecule has 0 saturated carbocycles. The lowest BCUT2D eigenvalue weighted by Gasteiger charge is -1.99. The molecule has 0 bridgehead atoms. The van der Waals surface area contributed by atoms with E-state index >= 15 is 0 Å². The smallest absolute Gasteiger partial charge is 0.213 e. The van der Waals surface area contributed by atoms with Gasteiger partial charge in [0.2, 0.25) is 5.16 Å². The Bertz CT molecular complexity index is 590. The molecule has 5 nitrogen and oxygen atoms in total. The molecular weight excluding hydrogens is 211 g/mol. The van der Waals surface area contributed by atoms with Crippen LogP contribution in [0, 0.1) is 5.82 Å². The fourth-order valence-electron chi connectivity index (χ4n) is 1.08. The molecule has 2 aromatic rings. The van der Waals surface area contributed by atoms with Gasteiger partial charge in [-0.2, -0.15) is 0 Å². The number of H-pyrrole nitrogens is 1. The highest BCUT2D eigenvalue weighted by Crippen LogP contribution is 2.14. The molecule has 2 rings (SSSR count). The molecule has 7 heteroatoms. The van der Waals surface area contributed by atoms with Gasteiger partial charge in [0.05, 0.1) is 11.0 Å². The van der Waals surface area contributed by atoms with E-state index in [1.54, 1.807) is 0 Å². The summed E-state index contributed by atoms with van der Waals surface area (Å²) < 4.78 is 44.3. The number of aromatic amines is 1. The minimum atomic E-state index is -4.62. The van der Waals surface area contributed by atoms with Gasteiger partial charge in [0.25, 0.3) is 0 Å². The van der Waals surface area contributed by atoms with Crippen LogP contribution in [0.4, 0.5) is 4.39 Å². The monoisotopic (exact) mass is 215 g/mol. The van der Waals surface area contributed by atoms with Gasteiger partial charge in [-0.3, -0.25) is 0 Å². The Hall–Kier alpha value is -1.47. The molecular formula is C7H4FN2O3S-. The molecule has 0 fully saturated rings. The van der Waals surface area contributed by atoms with Crippen LogP contribution < -0.4 is 0 Å². The molecule has 74 valence electrons. The zero-order chi connectivity index (χ0) is 10.3. The second-order valence-corrected chi connectivity index (χ2v) is 3.95. The molecule has 0 saturated heterocycles. The maximum atomic E-state index is 12.7. The second-order valence-electron chi connectivity index (χ2n) is 2.66. The Morgan fingerprint density at radius 3 is 2.79 bits per heavy atom. The minimum Gasteiger partial charge on any atom is -0.742 e. The fraction of sp³-hybridized carbons (Fsp3) is 0. The number of halogens is 1. The third-order valence-electron chi connectivity index (χ3n) is 1.66. The van der Waals surface area contributed by atoms with E-state index in [4.69, 9.17) is 0 Å². The van der Waals surface area contributed by atoms with Crippen LogP contribution in [0.25, 0.3) is 11.0 Å². The zero-order valence-corrected chi connectivity index (χ0v) is 7.51. The molecule has 0 aliphatic rings. The van der Waals surface area contributed by atoms with Gasteiger partial charge in [-0.15, -0.1) is 0 Å². The number of rotatable bonds is 1. The van der Waals surface area contributed by atoms with Crippen molar-refractivity contribution in [1.29, 1.82) is 0 Å². The number of benzene rings is 1. The molecule has 0 aliphatic carbocycles. The van der Waals surface area contributed by atoms with Gasteiger partial charge < -0.3 is 9.54 Å². The summed E-state index contributed by atoms with van der Waals surface area (Å²) in [5.41, 5.74) is 0.417. The van der Waals surface area contributed by atoms with Gasteiger partial charge in [0.1, 0.15) is 5.82 Å². The van der Waals surface area contributed by atoms with E-state index in [1.807, 2.05) is 0 Å². The first-order valence-corrected chi connectivity index (χ1v) is 4.99. The highest BCUT2D eigenvalue weighted by Gasteiger charge is 2.08. The Balaban J connectivity index is 2.75. The number of hydrogen-bond acceptors (Lipinski definition) is 4. The molecule has 1 aromatic carbocycles. The largest absolute Gasteiger partial charge is 0.742 e. The van der Waals surface area contributed by atoms with Gasteiger partial charge >= 0.3 is 0 Å². The second kappa shape index (κ2) is 2.76. The van der Waals surface area contributed by atoms with Gasteiger partial charge in [-0.25, -0.2) is 17.8 Å². The average Bonchev–Trinajstić information content (AvgIpc) is 2.45. The molecule has 1 aromatic heterocycles. The third-order valence-corrected chi connectivity index (χ3v) is 2.33. The predicted octanol–water partition coefficient (Wildman–Crippen LogP) is 0.606.